The molecule has 0 fully saturated rings. The number of hydroxylamine groups is 1. The molecule has 0 atom stereocenters. The quantitative estimate of drug-likeness (QED) is 0.439. The summed E-state index contributed by atoms with van der Waals surface area (Å²) < 4.78 is 27.1. The molecule has 3 aromatic rings. The van der Waals surface area contributed by atoms with E-state index >= 15 is 0 Å². The molecular formula is C15H13N3O4S3. The SMILES string of the molecule is O=C(Cc1ccc(-c2csc(NS(=O)(=O)c3ccccc3)n2)s1)NO. The summed E-state index contributed by atoms with van der Waals surface area (Å²) in [6.07, 6.45) is 0.0683. The summed E-state index contributed by atoms with van der Waals surface area (Å²) >= 11 is 2.53. The highest BCUT2D eigenvalue weighted by molar-refractivity contribution is 7.93. The fourth-order valence-electron chi connectivity index (χ4n) is 2.02. The van der Waals surface area contributed by atoms with Crippen molar-refractivity contribution in [2.24, 2.45) is 0 Å². The first kappa shape index (κ1) is 17.5. The minimum atomic E-state index is -3.68. The van der Waals surface area contributed by atoms with E-state index in [9.17, 15) is 13.2 Å². The van der Waals surface area contributed by atoms with Gasteiger partial charge in [-0.3, -0.25) is 14.7 Å². The number of carbonyl (C=O) groups is 1. The van der Waals surface area contributed by atoms with E-state index in [0.717, 1.165) is 9.75 Å². The van der Waals surface area contributed by atoms with Gasteiger partial charge in [-0.25, -0.2) is 18.9 Å². The highest BCUT2D eigenvalue weighted by Gasteiger charge is 2.16. The third-order valence-corrected chi connectivity index (χ3v) is 6.50. The van der Waals surface area contributed by atoms with Gasteiger partial charge in [-0.05, 0) is 24.3 Å². The monoisotopic (exact) mass is 395 g/mol. The summed E-state index contributed by atoms with van der Waals surface area (Å²) in [5.74, 6) is -0.497. The predicted octanol–water partition coefficient (Wildman–Crippen LogP) is 2.72. The first-order valence-corrected chi connectivity index (χ1v) is 10.2. The Hall–Kier alpha value is -2.27. The Morgan fingerprint density at radius 3 is 2.64 bits per heavy atom. The highest BCUT2D eigenvalue weighted by Crippen LogP contribution is 2.31. The van der Waals surface area contributed by atoms with Gasteiger partial charge < -0.3 is 0 Å². The number of benzene rings is 1. The molecule has 2 aromatic heterocycles. The molecule has 0 saturated heterocycles. The molecule has 25 heavy (non-hydrogen) atoms. The molecule has 2 heterocycles. The van der Waals surface area contributed by atoms with Crippen molar-refractivity contribution in [1.82, 2.24) is 10.5 Å². The summed E-state index contributed by atoms with van der Waals surface area (Å²) in [7, 11) is -3.68. The van der Waals surface area contributed by atoms with Crippen LogP contribution in [0, 0.1) is 0 Å². The van der Waals surface area contributed by atoms with Crippen molar-refractivity contribution in [3.05, 3.63) is 52.7 Å². The van der Waals surface area contributed by atoms with E-state index in [1.54, 1.807) is 41.2 Å². The Morgan fingerprint density at radius 1 is 1.16 bits per heavy atom. The second-order valence-electron chi connectivity index (χ2n) is 4.93. The smallest absolute Gasteiger partial charge is 0.263 e. The lowest BCUT2D eigenvalue weighted by atomic mass is 10.3. The molecule has 0 spiro atoms. The molecule has 0 saturated carbocycles. The van der Waals surface area contributed by atoms with Gasteiger partial charge in [0.15, 0.2) is 5.13 Å². The largest absolute Gasteiger partial charge is 0.289 e. The molecule has 0 aliphatic rings. The number of thiophene rings is 1. The lowest BCUT2D eigenvalue weighted by Crippen LogP contribution is -2.20. The van der Waals surface area contributed by atoms with Crippen LogP contribution in [0.3, 0.4) is 0 Å². The molecule has 3 rings (SSSR count). The zero-order chi connectivity index (χ0) is 17.9. The Morgan fingerprint density at radius 2 is 1.92 bits per heavy atom. The molecule has 0 bridgehead atoms. The predicted molar refractivity (Wildman–Crippen MR) is 96.3 cm³/mol. The number of thiazole rings is 1. The molecule has 10 heteroatoms. The second kappa shape index (κ2) is 7.31. The normalized spacial score (nSPS) is 11.2. The van der Waals surface area contributed by atoms with Crippen LogP contribution in [0.15, 0.2) is 52.7 Å². The molecule has 130 valence electrons. The number of nitrogens with zero attached hydrogens (tertiary/aromatic N) is 1. The highest BCUT2D eigenvalue weighted by atomic mass is 32.2. The Balaban J connectivity index is 1.76. The number of hydrogen-bond donors (Lipinski definition) is 3. The van der Waals surface area contributed by atoms with E-state index in [1.165, 1.54) is 34.8 Å². The van der Waals surface area contributed by atoms with Crippen LogP contribution in [-0.4, -0.2) is 24.5 Å². The summed E-state index contributed by atoms with van der Waals surface area (Å²) in [6, 6.07) is 11.6. The molecule has 3 N–H and O–H groups in total. The first-order chi connectivity index (χ1) is 12.0. The second-order valence-corrected chi connectivity index (χ2v) is 8.64. The molecule has 0 aliphatic carbocycles. The summed E-state index contributed by atoms with van der Waals surface area (Å²) in [4.78, 5) is 17.2. The average molecular weight is 395 g/mol. The minimum absolute atomic E-state index is 0.0683. The van der Waals surface area contributed by atoms with E-state index < -0.39 is 15.9 Å². The van der Waals surface area contributed by atoms with E-state index in [0.29, 0.717) is 5.69 Å². The van der Waals surface area contributed by atoms with Gasteiger partial charge in [0.25, 0.3) is 10.0 Å². The van der Waals surface area contributed by atoms with Crippen molar-refractivity contribution in [3.8, 4) is 10.6 Å². The zero-order valence-electron chi connectivity index (χ0n) is 12.7. The van der Waals surface area contributed by atoms with E-state index in [1.807, 2.05) is 0 Å². The van der Waals surface area contributed by atoms with Gasteiger partial charge in [-0.15, -0.1) is 22.7 Å². The van der Waals surface area contributed by atoms with Crippen LogP contribution < -0.4 is 10.2 Å². The summed E-state index contributed by atoms with van der Waals surface area (Å²) in [5.41, 5.74) is 2.21. The van der Waals surface area contributed by atoms with Crippen LogP contribution in [0.5, 0.6) is 0 Å². The number of sulfonamides is 1. The van der Waals surface area contributed by atoms with Crippen LogP contribution in [-0.2, 0) is 21.2 Å². The van der Waals surface area contributed by atoms with Crippen molar-refractivity contribution in [1.29, 1.82) is 0 Å². The number of amides is 1. The van der Waals surface area contributed by atoms with Crippen molar-refractivity contribution in [3.63, 3.8) is 0 Å². The minimum Gasteiger partial charge on any atom is -0.289 e. The van der Waals surface area contributed by atoms with Crippen molar-refractivity contribution >= 4 is 43.7 Å². The maximum Gasteiger partial charge on any atom is 0.263 e. The van der Waals surface area contributed by atoms with Crippen LogP contribution in [0.4, 0.5) is 5.13 Å². The number of nitrogens with one attached hydrogen (secondary N) is 2. The summed E-state index contributed by atoms with van der Waals surface area (Å²) in [6.45, 7) is 0. The van der Waals surface area contributed by atoms with Crippen LogP contribution >= 0.6 is 22.7 Å². The van der Waals surface area contributed by atoms with Crippen LogP contribution in [0.2, 0.25) is 0 Å². The standard InChI is InChI=1S/C15H13N3O4S3/c19-14(17-20)8-10-6-7-13(24-10)12-9-23-15(16-12)18-25(21,22)11-4-2-1-3-5-11/h1-7,9,20H,8H2,(H,16,18)(H,17,19). The van der Waals surface area contributed by atoms with Crippen molar-refractivity contribution in [2.75, 3.05) is 4.72 Å². The van der Waals surface area contributed by atoms with E-state index in [4.69, 9.17) is 5.21 Å². The van der Waals surface area contributed by atoms with Gasteiger partial charge in [0, 0.05) is 10.3 Å². The maximum absolute atomic E-state index is 12.3. The number of anilines is 1. The Kier molecular flexibility index (Phi) is 5.13. The van der Waals surface area contributed by atoms with E-state index in [2.05, 4.69) is 9.71 Å². The van der Waals surface area contributed by atoms with Crippen LogP contribution in [0.1, 0.15) is 4.88 Å². The van der Waals surface area contributed by atoms with Gasteiger partial charge in [0.1, 0.15) is 0 Å². The van der Waals surface area contributed by atoms with Gasteiger partial charge in [-0.2, -0.15) is 0 Å². The third-order valence-electron chi connectivity index (χ3n) is 3.15. The number of rotatable bonds is 6. The van der Waals surface area contributed by atoms with Crippen molar-refractivity contribution in [2.45, 2.75) is 11.3 Å². The third kappa shape index (κ3) is 4.23. The van der Waals surface area contributed by atoms with Gasteiger partial charge in [0.05, 0.1) is 21.9 Å². The lowest BCUT2D eigenvalue weighted by Gasteiger charge is -2.04. The van der Waals surface area contributed by atoms with Gasteiger partial charge in [-0.1, -0.05) is 18.2 Å². The molecule has 0 radical (unpaired) electrons. The topological polar surface area (TPSA) is 108 Å². The molecular weight excluding hydrogens is 382 g/mol. The fourth-order valence-corrected chi connectivity index (χ4v) is 5.04. The zero-order valence-corrected chi connectivity index (χ0v) is 15.1. The number of aromatic nitrogens is 1. The van der Waals surface area contributed by atoms with E-state index in [-0.39, 0.29) is 16.4 Å². The molecule has 0 unspecified atom stereocenters. The molecule has 0 aliphatic heterocycles. The molecule has 7 nitrogen and oxygen atoms in total. The fraction of sp³-hybridized carbons (Fsp3) is 0.0667. The summed E-state index contributed by atoms with van der Waals surface area (Å²) in [5, 5.41) is 10.6. The molecule has 1 aromatic carbocycles. The maximum atomic E-state index is 12.3. The number of hydrogen-bond acceptors (Lipinski definition) is 7. The van der Waals surface area contributed by atoms with Gasteiger partial charge >= 0.3 is 0 Å². The first-order valence-electron chi connectivity index (χ1n) is 7.03. The van der Waals surface area contributed by atoms with Gasteiger partial charge in [0.2, 0.25) is 5.91 Å². The van der Waals surface area contributed by atoms with Crippen LogP contribution in [0.25, 0.3) is 10.6 Å². The lowest BCUT2D eigenvalue weighted by molar-refractivity contribution is -0.128. The average Bonchev–Trinajstić information content (AvgIpc) is 3.24. The van der Waals surface area contributed by atoms with Crippen molar-refractivity contribution < 1.29 is 18.4 Å². The molecule has 1 amide bonds. The Bertz CT molecular complexity index is 980. The number of carbonyl (C=O) groups excluding carboxylic acids is 1. The Labute approximate surface area is 152 Å².